The Morgan fingerprint density at radius 2 is 1.93 bits per heavy atom. The molecule has 0 saturated carbocycles. The van der Waals surface area contributed by atoms with Crippen molar-refractivity contribution in [2.75, 3.05) is 18.1 Å². The third-order valence-electron chi connectivity index (χ3n) is 2.48. The van der Waals surface area contributed by atoms with Crippen LogP contribution < -0.4 is 5.32 Å². The molecule has 0 aromatic rings. The van der Waals surface area contributed by atoms with Gasteiger partial charge in [0, 0.05) is 17.8 Å². The van der Waals surface area contributed by atoms with E-state index in [9.17, 15) is 13.5 Å². The molecular formula is C9H21NO3S. The minimum atomic E-state index is -2.91. The maximum Gasteiger partial charge on any atom is 0.151 e. The van der Waals surface area contributed by atoms with Crippen LogP contribution in [-0.2, 0) is 9.84 Å². The van der Waals surface area contributed by atoms with Crippen LogP contribution >= 0.6 is 0 Å². The Hall–Kier alpha value is -0.130. The number of nitrogens with one attached hydrogen (secondary N) is 1. The third kappa shape index (κ3) is 4.93. The predicted octanol–water partition coefficient (Wildman–Crippen LogP) is 0.170. The number of aliphatic hydroxyl groups is 1. The summed E-state index contributed by atoms with van der Waals surface area (Å²) in [5.74, 6) is 0.295. The lowest BCUT2D eigenvalue weighted by Gasteiger charge is -2.29. The van der Waals surface area contributed by atoms with Crippen molar-refractivity contribution in [3.63, 3.8) is 0 Å². The molecule has 0 fully saturated rings. The summed E-state index contributed by atoms with van der Waals surface area (Å²) in [6.45, 7) is 7.39. The van der Waals surface area contributed by atoms with Gasteiger partial charge in [-0.2, -0.15) is 0 Å². The van der Waals surface area contributed by atoms with Gasteiger partial charge in [-0.05, 0) is 20.8 Å². The van der Waals surface area contributed by atoms with Crippen LogP contribution in [0, 0.1) is 0 Å². The zero-order chi connectivity index (χ0) is 11.4. The highest BCUT2D eigenvalue weighted by Crippen LogP contribution is 2.07. The number of hydrogen-bond acceptors (Lipinski definition) is 4. The second-order valence-electron chi connectivity index (χ2n) is 4.06. The van der Waals surface area contributed by atoms with E-state index in [-0.39, 0.29) is 11.5 Å². The predicted molar refractivity (Wildman–Crippen MR) is 58.1 cm³/mol. The van der Waals surface area contributed by atoms with Crippen molar-refractivity contribution >= 4 is 9.84 Å². The second-order valence-corrected chi connectivity index (χ2v) is 6.53. The number of aliphatic hydroxyl groups excluding tert-OH is 1. The number of hydrogen-bond donors (Lipinski definition) is 2. The van der Waals surface area contributed by atoms with Gasteiger partial charge in [-0.3, -0.25) is 0 Å². The Kier molecular flexibility index (Phi) is 5.05. The molecule has 0 aliphatic rings. The maximum atomic E-state index is 11.2. The lowest BCUT2D eigenvalue weighted by Crippen LogP contribution is -2.49. The Bertz CT molecular complexity index is 257. The topological polar surface area (TPSA) is 66.4 Å². The number of rotatable bonds is 6. The molecule has 0 bridgehead atoms. The van der Waals surface area contributed by atoms with E-state index in [1.165, 1.54) is 0 Å². The molecule has 0 aliphatic heterocycles. The molecule has 2 N–H and O–H groups in total. The molecule has 14 heavy (non-hydrogen) atoms. The molecule has 0 saturated heterocycles. The van der Waals surface area contributed by atoms with Crippen LogP contribution in [0.3, 0.4) is 0 Å². The van der Waals surface area contributed by atoms with E-state index in [2.05, 4.69) is 5.32 Å². The first-order valence-electron chi connectivity index (χ1n) is 4.85. The first-order valence-corrected chi connectivity index (χ1v) is 6.67. The van der Waals surface area contributed by atoms with Gasteiger partial charge >= 0.3 is 0 Å². The molecule has 0 aromatic heterocycles. The van der Waals surface area contributed by atoms with Crippen molar-refractivity contribution in [2.45, 2.75) is 39.3 Å². The van der Waals surface area contributed by atoms with E-state index in [0.717, 1.165) is 0 Å². The molecule has 1 atom stereocenters. The monoisotopic (exact) mass is 223 g/mol. The summed E-state index contributed by atoms with van der Waals surface area (Å²) in [4.78, 5) is 0. The van der Waals surface area contributed by atoms with E-state index >= 15 is 0 Å². The standard InChI is InChI=1S/C9H21NO3S/c1-5-14(12,13)7-6-10-9(3,4)8(2)11/h8,10-11H,5-7H2,1-4H3. The Morgan fingerprint density at radius 1 is 1.43 bits per heavy atom. The molecule has 1 unspecified atom stereocenters. The van der Waals surface area contributed by atoms with E-state index in [1.807, 2.05) is 13.8 Å². The molecule has 0 heterocycles. The van der Waals surface area contributed by atoms with Gasteiger partial charge in [-0.1, -0.05) is 6.92 Å². The SMILES string of the molecule is CCS(=O)(=O)CCNC(C)(C)C(C)O. The van der Waals surface area contributed by atoms with Crippen LogP contribution in [-0.4, -0.2) is 43.2 Å². The van der Waals surface area contributed by atoms with Crippen LogP contribution in [0.15, 0.2) is 0 Å². The molecule has 0 aliphatic carbocycles. The summed E-state index contributed by atoms with van der Waals surface area (Å²) in [5.41, 5.74) is -0.441. The van der Waals surface area contributed by atoms with Crippen molar-refractivity contribution in [2.24, 2.45) is 0 Å². The Labute approximate surface area is 86.6 Å². The number of sulfone groups is 1. The van der Waals surface area contributed by atoms with Crippen LogP contribution in [0.5, 0.6) is 0 Å². The first kappa shape index (κ1) is 13.9. The Balaban J connectivity index is 3.98. The molecule has 0 rings (SSSR count). The average molecular weight is 223 g/mol. The highest BCUT2D eigenvalue weighted by Gasteiger charge is 2.23. The van der Waals surface area contributed by atoms with Crippen molar-refractivity contribution < 1.29 is 13.5 Å². The van der Waals surface area contributed by atoms with Gasteiger partial charge in [0.1, 0.15) is 0 Å². The van der Waals surface area contributed by atoms with Gasteiger partial charge in [0.2, 0.25) is 0 Å². The average Bonchev–Trinajstić information content (AvgIpc) is 2.03. The summed E-state index contributed by atoms with van der Waals surface area (Å²) >= 11 is 0. The summed E-state index contributed by atoms with van der Waals surface area (Å²) in [6.07, 6.45) is -0.508. The lowest BCUT2D eigenvalue weighted by atomic mass is 9.99. The van der Waals surface area contributed by atoms with Crippen LogP contribution in [0.1, 0.15) is 27.7 Å². The molecule has 0 aromatic carbocycles. The summed E-state index contributed by atoms with van der Waals surface area (Å²) < 4.78 is 22.3. The lowest BCUT2D eigenvalue weighted by molar-refractivity contribution is 0.0983. The van der Waals surface area contributed by atoms with Crippen molar-refractivity contribution in [1.29, 1.82) is 0 Å². The maximum absolute atomic E-state index is 11.2. The van der Waals surface area contributed by atoms with Gasteiger partial charge < -0.3 is 10.4 Å². The normalized spacial score (nSPS) is 15.5. The first-order chi connectivity index (χ1) is 6.21. The summed E-state index contributed by atoms with van der Waals surface area (Å²) in [6, 6.07) is 0. The van der Waals surface area contributed by atoms with Gasteiger partial charge in [0.25, 0.3) is 0 Å². The quantitative estimate of drug-likeness (QED) is 0.673. The largest absolute Gasteiger partial charge is 0.392 e. The van der Waals surface area contributed by atoms with Crippen LogP contribution in [0.4, 0.5) is 0 Å². The Morgan fingerprint density at radius 3 is 2.29 bits per heavy atom. The van der Waals surface area contributed by atoms with E-state index in [1.54, 1.807) is 13.8 Å². The van der Waals surface area contributed by atoms with Gasteiger partial charge in [-0.15, -0.1) is 0 Å². The zero-order valence-corrected chi connectivity index (χ0v) is 10.2. The minimum absolute atomic E-state index is 0.125. The molecule has 0 amide bonds. The van der Waals surface area contributed by atoms with E-state index in [0.29, 0.717) is 6.54 Å². The molecule has 86 valence electrons. The highest BCUT2D eigenvalue weighted by molar-refractivity contribution is 7.91. The zero-order valence-electron chi connectivity index (χ0n) is 9.37. The van der Waals surface area contributed by atoms with E-state index < -0.39 is 21.5 Å². The fraction of sp³-hybridized carbons (Fsp3) is 1.00. The summed E-state index contributed by atoms with van der Waals surface area (Å²) in [5, 5.41) is 12.4. The fourth-order valence-electron chi connectivity index (χ4n) is 0.821. The van der Waals surface area contributed by atoms with Gasteiger partial charge in [0.15, 0.2) is 9.84 Å². The smallest absolute Gasteiger partial charge is 0.151 e. The molecule has 0 radical (unpaired) electrons. The minimum Gasteiger partial charge on any atom is -0.392 e. The van der Waals surface area contributed by atoms with Crippen LogP contribution in [0.2, 0.25) is 0 Å². The second kappa shape index (κ2) is 5.09. The molecule has 0 spiro atoms. The van der Waals surface area contributed by atoms with Crippen molar-refractivity contribution in [1.82, 2.24) is 5.32 Å². The highest BCUT2D eigenvalue weighted by atomic mass is 32.2. The van der Waals surface area contributed by atoms with Crippen molar-refractivity contribution in [3.8, 4) is 0 Å². The fourth-order valence-corrected chi connectivity index (χ4v) is 1.52. The van der Waals surface area contributed by atoms with Crippen molar-refractivity contribution in [3.05, 3.63) is 0 Å². The summed E-state index contributed by atoms with van der Waals surface area (Å²) in [7, 11) is -2.91. The van der Waals surface area contributed by atoms with Gasteiger partial charge in [0.05, 0.1) is 11.9 Å². The van der Waals surface area contributed by atoms with Crippen LogP contribution in [0.25, 0.3) is 0 Å². The molecule has 5 heteroatoms. The van der Waals surface area contributed by atoms with E-state index in [4.69, 9.17) is 0 Å². The van der Waals surface area contributed by atoms with Gasteiger partial charge in [-0.25, -0.2) is 8.42 Å². The molecule has 4 nitrogen and oxygen atoms in total. The molecular weight excluding hydrogens is 202 g/mol. The third-order valence-corrected chi connectivity index (χ3v) is 4.18.